The number of anilines is 1. The molecule has 0 amide bonds. The van der Waals surface area contributed by atoms with Crippen LogP contribution in [0.1, 0.15) is 31.2 Å². The van der Waals surface area contributed by atoms with E-state index in [0.717, 1.165) is 18.4 Å². The number of nitrogens with zero attached hydrogens (tertiary/aromatic N) is 4. The molecule has 2 aromatic heterocycles. The first-order valence-electron chi connectivity index (χ1n) is 9.89. The topological polar surface area (TPSA) is 105 Å². The Morgan fingerprint density at radius 1 is 1.10 bits per heavy atom. The second-order valence-electron chi connectivity index (χ2n) is 7.82. The van der Waals surface area contributed by atoms with Gasteiger partial charge in [0.1, 0.15) is 12.1 Å². The summed E-state index contributed by atoms with van der Waals surface area (Å²) in [6.45, 7) is 1.90. The summed E-state index contributed by atoms with van der Waals surface area (Å²) in [7, 11) is -1.86. The van der Waals surface area contributed by atoms with E-state index in [2.05, 4.69) is 9.97 Å². The van der Waals surface area contributed by atoms with E-state index in [9.17, 15) is 18.3 Å². The van der Waals surface area contributed by atoms with E-state index < -0.39 is 16.0 Å². The smallest absolute Gasteiger partial charge is 0.306 e. The summed E-state index contributed by atoms with van der Waals surface area (Å²) in [5.74, 6) is -0.378. The summed E-state index contributed by atoms with van der Waals surface area (Å²) in [6, 6.07) is 8.57. The summed E-state index contributed by atoms with van der Waals surface area (Å²) >= 11 is 0. The highest BCUT2D eigenvalue weighted by molar-refractivity contribution is 7.90. The summed E-state index contributed by atoms with van der Waals surface area (Å²) in [6.07, 6.45) is 5.64. The van der Waals surface area contributed by atoms with Crippen LogP contribution in [0.25, 0.3) is 11.0 Å². The first kappa shape index (κ1) is 20.3. The number of benzene rings is 1. The van der Waals surface area contributed by atoms with E-state index in [1.165, 1.54) is 16.5 Å². The molecule has 158 valence electrons. The Morgan fingerprint density at radius 2 is 1.77 bits per heavy atom. The van der Waals surface area contributed by atoms with Crippen molar-refractivity contribution in [2.24, 2.45) is 5.92 Å². The largest absolute Gasteiger partial charge is 0.481 e. The number of aliphatic carboxylic acids is 1. The minimum Gasteiger partial charge on any atom is -0.481 e. The second-order valence-corrected chi connectivity index (χ2v) is 9.63. The zero-order valence-corrected chi connectivity index (χ0v) is 17.7. The molecule has 1 fully saturated rings. The van der Waals surface area contributed by atoms with Crippen LogP contribution in [-0.4, -0.2) is 46.5 Å². The van der Waals surface area contributed by atoms with Crippen LogP contribution >= 0.6 is 0 Å². The molecule has 0 atom stereocenters. The number of carbonyl (C=O) groups is 1. The van der Waals surface area contributed by atoms with Crippen LogP contribution in [0.5, 0.6) is 0 Å². The molecule has 1 aromatic carbocycles. The fourth-order valence-electron chi connectivity index (χ4n) is 4.10. The highest BCUT2D eigenvalue weighted by atomic mass is 32.2. The number of aromatic nitrogens is 3. The van der Waals surface area contributed by atoms with Crippen molar-refractivity contribution in [3.8, 4) is 0 Å². The lowest BCUT2D eigenvalue weighted by molar-refractivity contribution is -0.142. The lowest BCUT2D eigenvalue weighted by Gasteiger charge is -2.34. The van der Waals surface area contributed by atoms with Gasteiger partial charge in [-0.2, -0.15) is 0 Å². The first-order chi connectivity index (χ1) is 14.3. The number of fused-ring (bicyclic) bond motifs is 1. The Labute approximate surface area is 175 Å². The minimum atomic E-state index is -3.78. The van der Waals surface area contributed by atoms with E-state index in [1.54, 1.807) is 30.3 Å². The standard InChI is InChI=1S/C21H24N4O4S/c1-14-3-9-17(10-4-14)30(28,29)25-12-11-18-19(22-13-23-20(18)25)24(2)16-7-5-15(6-8-16)21(26)27/h3-4,9-13,15-16H,5-8H2,1-2H3,(H,26,27). The number of hydrogen-bond donors (Lipinski definition) is 1. The molecule has 2 heterocycles. The van der Waals surface area contributed by atoms with Crippen molar-refractivity contribution in [3.05, 3.63) is 48.4 Å². The Hall–Kier alpha value is -2.94. The molecule has 0 unspecified atom stereocenters. The van der Waals surface area contributed by atoms with Gasteiger partial charge in [-0.1, -0.05) is 17.7 Å². The molecular weight excluding hydrogens is 404 g/mol. The van der Waals surface area contributed by atoms with E-state index >= 15 is 0 Å². The third-order valence-electron chi connectivity index (χ3n) is 5.93. The Balaban J connectivity index is 1.67. The highest BCUT2D eigenvalue weighted by Gasteiger charge is 2.30. The molecule has 9 heteroatoms. The van der Waals surface area contributed by atoms with Crippen molar-refractivity contribution in [1.82, 2.24) is 13.9 Å². The van der Waals surface area contributed by atoms with Crippen LogP contribution in [-0.2, 0) is 14.8 Å². The third kappa shape index (κ3) is 3.54. The van der Waals surface area contributed by atoms with E-state index in [0.29, 0.717) is 29.7 Å². The van der Waals surface area contributed by atoms with Crippen molar-refractivity contribution in [2.75, 3.05) is 11.9 Å². The van der Waals surface area contributed by atoms with Gasteiger partial charge in [0.25, 0.3) is 10.0 Å². The normalized spacial score (nSPS) is 19.7. The maximum atomic E-state index is 13.1. The van der Waals surface area contributed by atoms with Gasteiger partial charge in [0.2, 0.25) is 0 Å². The third-order valence-corrected chi connectivity index (χ3v) is 7.61. The molecule has 4 rings (SSSR count). The summed E-state index contributed by atoms with van der Waals surface area (Å²) in [5, 5.41) is 9.86. The van der Waals surface area contributed by atoms with Gasteiger partial charge < -0.3 is 10.0 Å². The fourth-order valence-corrected chi connectivity index (χ4v) is 5.40. The van der Waals surface area contributed by atoms with Crippen LogP contribution in [0.3, 0.4) is 0 Å². The number of rotatable bonds is 5. The molecule has 0 saturated heterocycles. The molecule has 0 radical (unpaired) electrons. The molecule has 8 nitrogen and oxygen atoms in total. The quantitative estimate of drug-likeness (QED) is 0.666. The Bertz CT molecular complexity index is 1180. The van der Waals surface area contributed by atoms with Crippen molar-refractivity contribution in [1.29, 1.82) is 0 Å². The van der Waals surface area contributed by atoms with Crippen LogP contribution < -0.4 is 4.90 Å². The van der Waals surface area contributed by atoms with Crippen LogP contribution in [0.2, 0.25) is 0 Å². The van der Waals surface area contributed by atoms with Gasteiger partial charge >= 0.3 is 5.97 Å². The molecule has 1 aliphatic carbocycles. The average Bonchev–Trinajstić information content (AvgIpc) is 3.19. The maximum Gasteiger partial charge on any atom is 0.306 e. The number of aryl methyl sites for hydroxylation is 1. The van der Waals surface area contributed by atoms with Gasteiger partial charge in [-0.15, -0.1) is 0 Å². The van der Waals surface area contributed by atoms with Gasteiger partial charge in [-0.05, 0) is 50.8 Å². The van der Waals surface area contributed by atoms with Gasteiger partial charge in [0.15, 0.2) is 5.65 Å². The number of carboxylic acid groups (broad SMARTS) is 1. The highest BCUT2D eigenvalue weighted by Crippen LogP contribution is 2.32. The average molecular weight is 429 g/mol. The Morgan fingerprint density at radius 3 is 2.40 bits per heavy atom. The van der Waals surface area contributed by atoms with Crippen LogP contribution in [0.4, 0.5) is 5.82 Å². The summed E-state index contributed by atoms with van der Waals surface area (Å²) in [4.78, 5) is 22.1. The Kier molecular flexibility index (Phi) is 5.23. The number of hydrogen-bond acceptors (Lipinski definition) is 6. The van der Waals surface area contributed by atoms with Crippen molar-refractivity contribution in [2.45, 2.75) is 43.5 Å². The molecule has 0 aliphatic heterocycles. The molecule has 3 aromatic rings. The molecule has 1 N–H and O–H groups in total. The molecule has 0 bridgehead atoms. The van der Waals surface area contributed by atoms with Gasteiger partial charge in [-0.3, -0.25) is 4.79 Å². The van der Waals surface area contributed by atoms with E-state index in [4.69, 9.17) is 0 Å². The SMILES string of the molecule is Cc1ccc(S(=O)(=O)n2ccc3c(N(C)C4CCC(C(=O)O)CC4)ncnc32)cc1. The molecule has 0 spiro atoms. The zero-order chi connectivity index (χ0) is 21.5. The van der Waals surface area contributed by atoms with E-state index in [1.807, 2.05) is 18.9 Å². The zero-order valence-electron chi connectivity index (χ0n) is 16.9. The monoisotopic (exact) mass is 428 g/mol. The summed E-state index contributed by atoms with van der Waals surface area (Å²) < 4.78 is 27.5. The molecule has 1 saturated carbocycles. The minimum absolute atomic E-state index is 0.149. The van der Waals surface area contributed by atoms with Crippen molar-refractivity contribution < 1.29 is 18.3 Å². The van der Waals surface area contributed by atoms with Gasteiger partial charge in [0, 0.05) is 19.3 Å². The van der Waals surface area contributed by atoms with Crippen molar-refractivity contribution >= 4 is 32.8 Å². The predicted octanol–water partition coefficient (Wildman–Crippen LogP) is 3.06. The molecule has 30 heavy (non-hydrogen) atoms. The maximum absolute atomic E-state index is 13.1. The molecular formula is C21H24N4O4S. The van der Waals surface area contributed by atoms with Gasteiger partial charge in [-0.25, -0.2) is 22.4 Å². The lowest BCUT2D eigenvalue weighted by Crippen LogP contribution is -2.37. The fraction of sp³-hybridized carbons (Fsp3) is 0.381. The van der Waals surface area contributed by atoms with Crippen LogP contribution in [0.15, 0.2) is 47.8 Å². The predicted molar refractivity (Wildman–Crippen MR) is 113 cm³/mol. The second kappa shape index (κ2) is 7.71. The van der Waals surface area contributed by atoms with Gasteiger partial charge in [0.05, 0.1) is 16.2 Å². The lowest BCUT2D eigenvalue weighted by atomic mass is 9.85. The first-order valence-corrected chi connectivity index (χ1v) is 11.3. The summed E-state index contributed by atoms with van der Waals surface area (Å²) in [5.41, 5.74) is 1.31. The van der Waals surface area contributed by atoms with E-state index in [-0.39, 0.29) is 16.9 Å². The van der Waals surface area contributed by atoms with Crippen molar-refractivity contribution in [3.63, 3.8) is 0 Å². The number of carboxylic acids is 1. The van der Waals surface area contributed by atoms with Crippen LogP contribution in [0, 0.1) is 12.8 Å². The molecule has 1 aliphatic rings.